The number of anilines is 1. The zero-order chi connectivity index (χ0) is 10.6. The second-order valence-corrected chi connectivity index (χ2v) is 2.89. The van der Waals surface area contributed by atoms with E-state index >= 15 is 0 Å². The first kappa shape index (κ1) is 10.5. The molecule has 2 N–H and O–H groups in total. The number of methoxy groups -OCH3 is 1. The highest BCUT2D eigenvalue weighted by molar-refractivity contribution is 5.77. The summed E-state index contributed by atoms with van der Waals surface area (Å²) in [6.45, 7) is 0.115. The number of carbonyl (C=O) groups is 1. The minimum atomic E-state index is -0.948. The molecule has 14 heavy (non-hydrogen) atoms. The lowest BCUT2D eigenvalue weighted by molar-refractivity contribution is -0.139. The maximum atomic E-state index is 10.7. The lowest BCUT2D eigenvalue weighted by Gasteiger charge is -2.12. The van der Waals surface area contributed by atoms with Crippen LogP contribution in [0.3, 0.4) is 0 Å². The summed E-state index contributed by atoms with van der Waals surface area (Å²) >= 11 is 0. The Morgan fingerprint density at radius 1 is 1.86 bits per heavy atom. The van der Waals surface area contributed by atoms with Crippen LogP contribution in [0.15, 0.2) is 12.4 Å². The van der Waals surface area contributed by atoms with Gasteiger partial charge < -0.3 is 15.2 Å². The average Bonchev–Trinajstić information content (AvgIpc) is 2.50. The number of hydrogen-bond donors (Lipinski definition) is 2. The zero-order valence-corrected chi connectivity index (χ0v) is 8.10. The van der Waals surface area contributed by atoms with E-state index in [1.54, 1.807) is 24.1 Å². The number of aliphatic carboxylic acids is 1. The molecule has 0 spiro atoms. The van der Waals surface area contributed by atoms with Crippen molar-refractivity contribution in [2.45, 2.75) is 6.04 Å². The van der Waals surface area contributed by atoms with Gasteiger partial charge in [-0.1, -0.05) is 0 Å². The van der Waals surface area contributed by atoms with Crippen LogP contribution in [-0.4, -0.2) is 40.6 Å². The van der Waals surface area contributed by atoms with Gasteiger partial charge in [0.15, 0.2) is 0 Å². The highest BCUT2D eigenvalue weighted by atomic mass is 16.5. The monoisotopic (exact) mass is 199 g/mol. The fraction of sp³-hybridized carbons (Fsp3) is 0.500. The Balaban J connectivity index is 2.59. The first-order valence-corrected chi connectivity index (χ1v) is 4.10. The lowest BCUT2D eigenvalue weighted by Crippen LogP contribution is -2.33. The molecule has 0 aliphatic rings. The molecular weight excluding hydrogens is 186 g/mol. The summed E-state index contributed by atoms with van der Waals surface area (Å²) in [5.74, 6) is -0.948. The number of carboxylic acid groups (broad SMARTS) is 1. The van der Waals surface area contributed by atoms with E-state index in [0.29, 0.717) is 5.69 Å². The molecule has 0 radical (unpaired) electrons. The predicted molar refractivity (Wildman–Crippen MR) is 50.1 cm³/mol. The van der Waals surface area contributed by atoms with Gasteiger partial charge in [0, 0.05) is 20.4 Å². The van der Waals surface area contributed by atoms with Crippen LogP contribution in [0, 0.1) is 0 Å². The van der Waals surface area contributed by atoms with Crippen LogP contribution in [0.1, 0.15) is 0 Å². The van der Waals surface area contributed by atoms with Gasteiger partial charge in [0.1, 0.15) is 6.04 Å². The molecule has 0 bridgehead atoms. The van der Waals surface area contributed by atoms with Gasteiger partial charge in [0.25, 0.3) is 0 Å². The first-order chi connectivity index (χ1) is 6.63. The fourth-order valence-corrected chi connectivity index (χ4v) is 1.04. The molecular formula is C8H13N3O3. The van der Waals surface area contributed by atoms with Crippen LogP contribution in [0.4, 0.5) is 5.69 Å². The minimum Gasteiger partial charge on any atom is -0.480 e. The van der Waals surface area contributed by atoms with Crippen LogP contribution in [-0.2, 0) is 16.6 Å². The molecule has 0 amide bonds. The maximum Gasteiger partial charge on any atom is 0.328 e. The van der Waals surface area contributed by atoms with Gasteiger partial charge in [-0.05, 0) is 0 Å². The summed E-state index contributed by atoms with van der Waals surface area (Å²) in [5.41, 5.74) is 0.664. The summed E-state index contributed by atoms with van der Waals surface area (Å²) < 4.78 is 6.37. The minimum absolute atomic E-state index is 0.115. The van der Waals surface area contributed by atoms with Crippen molar-refractivity contribution >= 4 is 11.7 Å². The van der Waals surface area contributed by atoms with Gasteiger partial charge in [0.05, 0.1) is 18.5 Å². The molecule has 6 heteroatoms. The Morgan fingerprint density at radius 2 is 2.57 bits per heavy atom. The van der Waals surface area contributed by atoms with E-state index in [0.717, 1.165) is 0 Å². The number of hydrogen-bond acceptors (Lipinski definition) is 4. The Morgan fingerprint density at radius 3 is 3.00 bits per heavy atom. The highest BCUT2D eigenvalue weighted by Crippen LogP contribution is 2.05. The van der Waals surface area contributed by atoms with Gasteiger partial charge >= 0.3 is 5.97 Å². The zero-order valence-electron chi connectivity index (χ0n) is 8.10. The molecule has 1 rings (SSSR count). The number of carboxylic acids is 1. The van der Waals surface area contributed by atoms with E-state index in [1.807, 2.05) is 0 Å². The summed E-state index contributed by atoms with van der Waals surface area (Å²) in [7, 11) is 3.22. The van der Waals surface area contributed by atoms with Crippen molar-refractivity contribution in [3.63, 3.8) is 0 Å². The molecule has 78 valence electrons. The molecule has 0 aliphatic heterocycles. The van der Waals surface area contributed by atoms with Crippen molar-refractivity contribution in [3.8, 4) is 0 Å². The smallest absolute Gasteiger partial charge is 0.328 e. The van der Waals surface area contributed by atoms with E-state index in [2.05, 4.69) is 10.4 Å². The van der Waals surface area contributed by atoms with E-state index < -0.39 is 12.0 Å². The van der Waals surface area contributed by atoms with Crippen LogP contribution >= 0.6 is 0 Å². The third-order valence-corrected chi connectivity index (χ3v) is 1.68. The van der Waals surface area contributed by atoms with Crippen molar-refractivity contribution in [2.75, 3.05) is 19.0 Å². The molecule has 1 unspecified atom stereocenters. The highest BCUT2D eigenvalue weighted by Gasteiger charge is 2.16. The van der Waals surface area contributed by atoms with Gasteiger partial charge in [-0.25, -0.2) is 4.79 Å². The van der Waals surface area contributed by atoms with Crippen molar-refractivity contribution in [1.29, 1.82) is 0 Å². The number of aryl methyl sites for hydroxylation is 1. The number of nitrogens with one attached hydrogen (secondary N) is 1. The second kappa shape index (κ2) is 4.61. The molecule has 0 aliphatic carbocycles. The molecule has 0 aromatic carbocycles. The topological polar surface area (TPSA) is 76.4 Å². The molecule has 1 aromatic heterocycles. The average molecular weight is 199 g/mol. The van der Waals surface area contributed by atoms with E-state index in [4.69, 9.17) is 9.84 Å². The molecule has 0 saturated carbocycles. The van der Waals surface area contributed by atoms with Gasteiger partial charge in [0.2, 0.25) is 0 Å². The first-order valence-electron chi connectivity index (χ1n) is 4.10. The van der Waals surface area contributed by atoms with Crippen LogP contribution in [0.2, 0.25) is 0 Å². The van der Waals surface area contributed by atoms with Crippen molar-refractivity contribution in [2.24, 2.45) is 7.05 Å². The van der Waals surface area contributed by atoms with E-state index in [-0.39, 0.29) is 6.61 Å². The largest absolute Gasteiger partial charge is 0.480 e. The van der Waals surface area contributed by atoms with Gasteiger partial charge in [-0.2, -0.15) is 5.10 Å². The lowest BCUT2D eigenvalue weighted by atomic mass is 10.3. The number of aromatic nitrogens is 2. The number of nitrogens with zero attached hydrogens (tertiary/aromatic N) is 2. The van der Waals surface area contributed by atoms with E-state index in [1.165, 1.54) is 7.11 Å². The molecule has 6 nitrogen and oxygen atoms in total. The Labute approximate surface area is 81.5 Å². The van der Waals surface area contributed by atoms with Crippen molar-refractivity contribution in [1.82, 2.24) is 9.78 Å². The standard InChI is InChI=1S/C8H13N3O3/c1-11-4-6(3-9-11)10-7(5-14-2)8(12)13/h3-4,7,10H,5H2,1-2H3,(H,12,13). The number of rotatable bonds is 5. The molecule has 1 heterocycles. The molecule has 0 saturated heterocycles. The molecule has 1 aromatic rings. The Kier molecular flexibility index (Phi) is 3.47. The van der Waals surface area contributed by atoms with Gasteiger partial charge in [-0.15, -0.1) is 0 Å². The Bertz CT molecular complexity index is 311. The maximum absolute atomic E-state index is 10.7. The molecule has 1 atom stereocenters. The van der Waals surface area contributed by atoms with Crippen LogP contribution in [0.5, 0.6) is 0 Å². The van der Waals surface area contributed by atoms with Crippen LogP contribution in [0.25, 0.3) is 0 Å². The second-order valence-electron chi connectivity index (χ2n) is 2.89. The third kappa shape index (κ3) is 2.74. The Hall–Kier alpha value is -1.56. The SMILES string of the molecule is COCC(Nc1cnn(C)c1)C(=O)O. The summed E-state index contributed by atoms with van der Waals surface area (Å²) in [6, 6.07) is -0.746. The molecule has 0 fully saturated rings. The fourth-order valence-electron chi connectivity index (χ4n) is 1.04. The quantitative estimate of drug-likeness (QED) is 0.694. The predicted octanol–water partition coefficient (Wildman–Crippen LogP) is -0.0684. The number of ether oxygens (including phenoxy) is 1. The summed E-state index contributed by atoms with van der Waals surface area (Å²) in [6.07, 6.45) is 3.26. The van der Waals surface area contributed by atoms with Crippen LogP contribution < -0.4 is 5.32 Å². The third-order valence-electron chi connectivity index (χ3n) is 1.68. The van der Waals surface area contributed by atoms with Crippen molar-refractivity contribution < 1.29 is 14.6 Å². The van der Waals surface area contributed by atoms with Gasteiger partial charge in [-0.3, -0.25) is 4.68 Å². The van der Waals surface area contributed by atoms with Crippen molar-refractivity contribution in [3.05, 3.63) is 12.4 Å². The van der Waals surface area contributed by atoms with E-state index in [9.17, 15) is 4.79 Å². The normalized spacial score (nSPS) is 12.4. The summed E-state index contributed by atoms with van der Waals surface area (Å²) in [5, 5.41) is 15.5. The summed E-state index contributed by atoms with van der Waals surface area (Å²) in [4.78, 5) is 10.7.